The van der Waals surface area contributed by atoms with Crippen molar-refractivity contribution in [2.45, 2.75) is 31.9 Å². The molecule has 0 saturated heterocycles. The second-order valence-corrected chi connectivity index (χ2v) is 5.05. The first-order chi connectivity index (χ1) is 8.69. The van der Waals surface area contributed by atoms with Crippen LogP contribution in [0.1, 0.15) is 25.8 Å². The molecular formula is C13H15FN2OS. The molecule has 1 aliphatic rings. The Morgan fingerprint density at radius 1 is 1.50 bits per heavy atom. The fourth-order valence-electron chi connectivity index (χ4n) is 2.59. The number of hydrogen-bond acceptors (Lipinski definition) is 2. The summed E-state index contributed by atoms with van der Waals surface area (Å²) in [4.78, 5) is 3.06. The molecule has 1 fully saturated rings. The Labute approximate surface area is 110 Å². The fourth-order valence-corrected chi connectivity index (χ4v) is 2.94. The number of H-pyrrole nitrogens is 1. The maximum absolute atomic E-state index is 13.2. The topological polar surface area (TPSA) is 29.9 Å². The highest BCUT2D eigenvalue weighted by molar-refractivity contribution is 7.71. The summed E-state index contributed by atoms with van der Waals surface area (Å²) in [6.07, 6.45) is 2.30. The van der Waals surface area contributed by atoms with Crippen LogP contribution in [0.25, 0.3) is 11.0 Å². The number of hydrogen-bond donors (Lipinski definition) is 1. The molecule has 2 aromatic rings. The first-order valence-electron chi connectivity index (χ1n) is 6.20. The first kappa shape index (κ1) is 11.9. The average Bonchev–Trinajstić information content (AvgIpc) is 2.58. The van der Waals surface area contributed by atoms with Gasteiger partial charge in [0.25, 0.3) is 0 Å². The summed E-state index contributed by atoms with van der Waals surface area (Å²) < 4.78 is 21.5. The monoisotopic (exact) mass is 266 g/mol. The van der Waals surface area contributed by atoms with Crippen LogP contribution in [0.5, 0.6) is 0 Å². The van der Waals surface area contributed by atoms with E-state index in [0.717, 1.165) is 30.5 Å². The van der Waals surface area contributed by atoms with Crippen LogP contribution in [-0.4, -0.2) is 22.3 Å². The lowest BCUT2D eigenvalue weighted by Crippen LogP contribution is -2.33. The predicted molar refractivity (Wildman–Crippen MR) is 70.8 cm³/mol. The molecule has 18 heavy (non-hydrogen) atoms. The summed E-state index contributed by atoms with van der Waals surface area (Å²) in [5, 5.41) is 0. The highest BCUT2D eigenvalue weighted by Gasteiger charge is 2.32. The summed E-state index contributed by atoms with van der Waals surface area (Å²) in [6.45, 7) is 2.76. The molecule has 0 bridgehead atoms. The third kappa shape index (κ3) is 1.87. The molecule has 1 saturated carbocycles. The predicted octanol–water partition coefficient (Wildman–Crippen LogP) is 3.58. The van der Waals surface area contributed by atoms with E-state index in [0.29, 0.717) is 16.9 Å². The highest BCUT2D eigenvalue weighted by Crippen LogP contribution is 2.36. The van der Waals surface area contributed by atoms with E-state index in [2.05, 4.69) is 9.55 Å². The van der Waals surface area contributed by atoms with Gasteiger partial charge in [0.05, 0.1) is 17.1 Å². The Bertz CT molecular complexity index is 627. The number of halogens is 1. The van der Waals surface area contributed by atoms with Gasteiger partial charge in [-0.2, -0.15) is 0 Å². The smallest absolute Gasteiger partial charge is 0.178 e. The van der Waals surface area contributed by atoms with Gasteiger partial charge in [0.2, 0.25) is 0 Å². The third-order valence-corrected chi connectivity index (χ3v) is 3.81. The zero-order valence-electron chi connectivity index (χ0n) is 10.1. The van der Waals surface area contributed by atoms with Gasteiger partial charge in [-0.15, -0.1) is 0 Å². The van der Waals surface area contributed by atoms with Gasteiger partial charge >= 0.3 is 0 Å². The van der Waals surface area contributed by atoms with Crippen molar-refractivity contribution in [3.63, 3.8) is 0 Å². The van der Waals surface area contributed by atoms with E-state index in [1.165, 1.54) is 12.1 Å². The van der Waals surface area contributed by atoms with Gasteiger partial charge in [-0.1, -0.05) is 0 Å². The molecule has 0 amide bonds. The molecule has 1 heterocycles. The van der Waals surface area contributed by atoms with E-state index in [9.17, 15) is 4.39 Å². The van der Waals surface area contributed by atoms with Gasteiger partial charge in [0.1, 0.15) is 5.82 Å². The number of aromatic amines is 1. The molecule has 1 aliphatic carbocycles. The van der Waals surface area contributed by atoms with E-state index in [1.54, 1.807) is 6.07 Å². The van der Waals surface area contributed by atoms with Crippen molar-refractivity contribution in [2.24, 2.45) is 0 Å². The Morgan fingerprint density at radius 3 is 3.00 bits per heavy atom. The number of rotatable bonds is 3. The normalized spacial score (nSPS) is 23.2. The Balaban J connectivity index is 1.93. The molecule has 0 unspecified atom stereocenters. The molecule has 1 aromatic carbocycles. The van der Waals surface area contributed by atoms with Gasteiger partial charge < -0.3 is 14.3 Å². The van der Waals surface area contributed by atoms with E-state index in [-0.39, 0.29) is 5.82 Å². The lowest BCUT2D eigenvalue weighted by molar-refractivity contribution is -0.0190. The van der Waals surface area contributed by atoms with Crippen LogP contribution in [0.3, 0.4) is 0 Å². The Kier molecular flexibility index (Phi) is 2.95. The van der Waals surface area contributed by atoms with E-state index >= 15 is 0 Å². The number of nitrogens with one attached hydrogen (secondary N) is 1. The second-order valence-electron chi connectivity index (χ2n) is 4.66. The van der Waals surface area contributed by atoms with Crippen LogP contribution in [0.2, 0.25) is 0 Å². The Morgan fingerprint density at radius 2 is 2.28 bits per heavy atom. The minimum atomic E-state index is -0.244. The van der Waals surface area contributed by atoms with Crippen molar-refractivity contribution in [3.8, 4) is 0 Å². The van der Waals surface area contributed by atoms with Crippen LogP contribution in [0.4, 0.5) is 4.39 Å². The van der Waals surface area contributed by atoms with E-state index in [1.807, 2.05) is 6.92 Å². The van der Waals surface area contributed by atoms with Gasteiger partial charge in [-0.25, -0.2) is 4.39 Å². The second kappa shape index (κ2) is 4.48. The molecule has 5 heteroatoms. The summed E-state index contributed by atoms with van der Waals surface area (Å²) in [5.74, 6) is -0.244. The SMILES string of the molecule is CCOC1CC(n2c(=S)[nH]c3cc(F)ccc32)C1. The summed E-state index contributed by atoms with van der Waals surface area (Å²) >= 11 is 5.32. The maximum Gasteiger partial charge on any atom is 0.178 e. The molecule has 96 valence electrons. The maximum atomic E-state index is 13.2. The number of nitrogens with zero attached hydrogens (tertiary/aromatic N) is 1. The minimum Gasteiger partial charge on any atom is -0.378 e. The minimum absolute atomic E-state index is 0.244. The van der Waals surface area contributed by atoms with Crippen molar-refractivity contribution in [3.05, 3.63) is 28.8 Å². The van der Waals surface area contributed by atoms with Crippen molar-refractivity contribution < 1.29 is 9.13 Å². The molecule has 3 nitrogen and oxygen atoms in total. The van der Waals surface area contributed by atoms with Gasteiger partial charge in [0, 0.05) is 12.6 Å². The van der Waals surface area contributed by atoms with Crippen LogP contribution in [0.15, 0.2) is 18.2 Å². The summed E-state index contributed by atoms with van der Waals surface area (Å²) in [7, 11) is 0. The van der Waals surface area contributed by atoms with Gasteiger partial charge in [-0.3, -0.25) is 0 Å². The van der Waals surface area contributed by atoms with Crippen LogP contribution in [-0.2, 0) is 4.74 Å². The molecule has 1 aromatic heterocycles. The third-order valence-electron chi connectivity index (χ3n) is 3.52. The molecule has 3 rings (SSSR count). The van der Waals surface area contributed by atoms with E-state index < -0.39 is 0 Å². The zero-order chi connectivity index (χ0) is 12.7. The first-order valence-corrected chi connectivity index (χ1v) is 6.61. The van der Waals surface area contributed by atoms with Crippen molar-refractivity contribution in [2.75, 3.05) is 6.61 Å². The lowest BCUT2D eigenvalue weighted by atomic mass is 9.89. The highest BCUT2D eigenvalue weighted by atomic mass is 32.1. The van der Waals surface area contributed by atoms with Crippen molar-refractivity contribution in [1.82, 2.24) is 9.55 Å². The molecule has 1 N–H and O–H groups in total. The number of imidazole rings is 1. The van der Waals surface area contributed by atoms with E-state index in [4.69, 9.17) is 17.0 Å². The van der Waals surface area contributed by atoms with Gasteiger partial charge in [0.15, 0.2) is 4.77 Å². The number of benzene rings is 1. The lowest BCUT2D eigenvalue weighted by Gasteiger charge is -2.36. The summed E-state index contributed by atoms with van der Waals surface area (Å²) in [5.41, 5.74) is 1.74. The van der Waals surface area contributed by atoms with Crippen molar-refractivity contribution >= 4 is 23.3 Å². The Hall–Kier alpha value is -1.20. The number of fused-ring (bicyclic) bond motifs is 1. The molecule has 0 aliphatic heterocycles. The molecule has 0 spiro atoms. The summed E-state index contributed by atoms with van der Waals surface area (Å²) in [6, 6.07) is 5.11. The molecule has 0 atom stereocenters. The molecule has 0 radical (unpaired) electrons. The zero-order valence-corrected chi connectivity index (χ0v) is 11.0. The van der Waals surface area contributed by atoms with Gasteiger partial charge in [-0.05, 0) is 50.2 Å². The van der Waals surface area contributed by atoms with Crippen LogP contribution < -0.4 is 0 Å². The van der Waals surface area contributed by atoms with Crippen LogP contribution >= 0.6 is 12.2 Å². The largest absolute Gasteiger partial charge is 0.378 e. The molecular weight excluding hydrogens is 251 g/mol. The standard InChI is InChI=1S/C13H15FN2OS/c1-2-17-10-6-9(7-10)16-12-4-3-8(14)5-11(12)15-13(16)18/h3-5,9-10H,2,6-7H2,1H3,(H,15,18). The van der Waals surface area contributed by atoms with Crippen molar-refractivity contribution in [1.29, 1.82) is 0 Å². The number of ether oxygens (including phenoxy) is 1. The van der Waals surface area contributed by atoms with Crippen LogP contribution in [0, 0.1) is 10.6 Å². The fraction of sp³-hybridized carbons (Fsp3) is 0.462. The average molecular weight is 266 g/mol. The quantitative estimate of drug-likeness (QED) is 0.861. The number of aromatic nitrogens is 2.